The van der Waals surface area contributed by atoms with Crippen LogP contribution in [0.3, 0.4) is 0 Å². The summed E-state index contributed by atoms with van der Waals surface area (Å²) < 4.78 is 0. The lowest BCUT2D eigenvalue weighted by Crippen LogP contribution is -2.48. The molecule has 1 fully saturated rings. The Labute approximate surface area is 159 Å². The van der Waals surface area contributed by atoms with E-state index in [0.717, 1.165) is 31.1 Å². The second-order valence-electron chi connectivity index (χ2n) is 7.12. The standard InChI is InChI=1S/C21H25N3OS/c1-15(21(25)24-11-12-26-20-10-6-5-9-19(20)24)23-13-17(18(22)14-23)16-7-3-2-4-8-16/h2-10,15,17-18H,11-14,22H2,1H3/t15?,17-,18+/m0/s1. The van der Waals surface area contributed by atoms with Crippen molar-refractivity contribution in [1.29, 1.82) is 0 Å². The van der Waals surface area contributed by atoms with Crippen molar-refractivity contribution in [3.05, 3.63) is 60.2 Å². The van der Waals surface area contributed by atoms with Gasteiger partial charge in [-0.1, -0.05) is 42.5 Å². The fourth-order valence-electron chi connectivity index (χ4n) is 4.01. The highest BCUT2D eigenvalue weighted by Gasteiger charge is 2.37. The van der Waals surface area contributed by atoms with E-state index in [4.69, 9.17) is 5.73 Å². The summed E-state index contributed by atoms with van der Waals surface area (Å²) in [6, 6.07) is 18.5. The number of nitrogens with zero attached hydrogens (tertiary/aromatic N) is 2. The Kier molecular flexibility index (Phi) is 5.02. The predicted octanol–water partition coefficient (Wildman–Crippen LogP) is 2.94. The molecule has 2 N–H and O–H groups in total. The molecule has 0 aliphatic carbocycles. The molecule has 0 radical (unpaired) electrons. The van der Waals surface area contributed by atoms with Crippen molar-refractivity contribution < 1.29 is 4.79 Å². The van der Waals surface area contributed by atoms with Crippen molar-refractivity contribution in [2.75, 3.05) is 30.3 Å². The summed E-state index contributed by atoms with van der Waals surface area (Å²) in [5.41, 5.74) is 8.74. The highest BCUT2D eigenvalue weighted by Crippen LogP contribution is 2.35. The lowest BCUT2D eigenvalue weighted by atomic mass is 9.95. The van der Waals surface area contributed by atoms with Crippen LogP contribution in [0.1, 0.15) is 18.4 Å². The molecular formula is C21H25N3OS. The Morgan fingerprint density at radius 3 is 2.65 bits per heavy atom. The van der Waals surface area contributed by atoms with Crippen LogP contribution in [0.15, 0.2) is 59.5 Å². The third-order valence-electron chi connectivity index (χ3n) is 5.52. The van der Waals surface area contributed by atoms with Gasteiger partial charge in [-0.15, -0.1) is 11.8 Å². The summed E-state index contributed by atoms with van der Waals surface area (Å²) in [7, 11) is 0. The smallest absolute Gasteiger partial charge is 0.244 e. The van der Waals surface area contributed by atoms with Gasteiger partial charge < -0.3 is 10.6 Å². The lowest BCUT2D eigenvalue weighted by molar-refractivity contribution is -0.122. The fourth-order valence-corrected chi connectivity index (χ4v) is 5.00. The maximum Gasteiger partial charge on any atom is 0.244 e. The Morgan fingerprint density at radius 1 is 1.12 bits per heavy atom. The molecule has 2 aliphatic heterocycles. The van der Waals surface area contributed by atoms with Crippen LogP contribution >= 0.6 is 11.8 Å². The van der Waals surface area contributed by atoms with Crippen LogP contribution in [0.4, 0.5) is 5.69 Å². The lowest BCUT2D eigenvalue weighted by Gasteiger charge is -2.33. The van der Waals surface area contributed by atoms with E-state index in [-0.39, 0.29) is 23.9 Å². The molecule has 2 aliphatic rings. The first-order valence-electron chi connectivity index (χ1n) is 9.23. The molecule has 26 heavy (non-hydrogen) atoms. The van der Waals surface area contributed by atoms with E-state index in [1.54, 1.807) is 0 Å². The van der Waals surface area contributed by atoms with E-state index in [0.29, 0.717) is 0 Å². The molecule has 0 bridgehead atoms. The number of hydrogen-bond acceptors (Lipinski definition) is 4. The summed E-state index contributed by atoms with van der Waals surface area (Å²) in [5, 5.41) is 0. The molecule has 5 heteroatoms. The van der Waals surface area contributed by atoms with Crippen molar-refractivity contribution in [2.24, 2.45) is 5.73 Å². The van der Waals surface area contributed by atoms with Gasteiger partial charge in [-0.25, -0.2) is 0 Å². The minimum atomic E-state index is -0.161. The third kappa shape index (κ3) is 3.27. The van der Waals surface area contributed by atoms with E-state index in [1.807, 2.05) is 41.8 Å². The maximum atomic E-state index is 13.2. The molecule has 1 amide bonds. The second-order valence-corrected chi connectivity index (χ2v) is 8.25. The van der Waals surface area contributed by atoms with Crippen molar-refractivity contribution in [1.82, 2.24) is 4.90 Å². The normalized spacial score (nSPS) is 24.3. The minimum absolute atomic E-state index is 0.0665. The van der Waals surface area contributed by atoms with Gasteiger partial charge in [0.15, 0.2) is 0 Å². The van der Waals surface area contributed by atoms with Crippen molar-refractivity contribution >= 4 is 23.4 Å². The van der Waals surface area contributed by atoms with Gasteiger partial charge in [-0.3, -0.25) is 9.69 Å². The second kappa shape index (κ2) is 7.43. The number of thioether (sulfide) groups is 1. The molecule has 1 unspecified atom stereocenters. The number of fused-ring (bicyclic) bond motifs is 1. The molecule has 2 heterocycles. The highest BCUT2D eigenvalue weighted by molar-refractivity contribution is 7.99. The Morgan fingerprint density at radius 2 is 1.85 bits per heavy atom. The van der Waals surface area contributed by atoms with Crippen LogP contribution in [0.25, 0.3) is 0 Å². The summed E-state index contributed by atoms with van der Waals surface area (Å²) in [4.78, 5) is 18.6. The first kappa shape index (κ1) is 17.6. The average molecular weight is 368 g/mol. The number of carbonyl (C=O) groups is 1. The van der Waals surface area contributed by atoms with Crippen LogP contribution in [-0.4, -0.2) is 48.3 Å². The molecule has 4 rings (SSSR count). The molecule has 4 nitrogen and oxygen atoms in total. The molecular weight excluding hydrogens is 342 g/mol. The van der Waals surface area contributed by atoms with Crippen LogP contribution in [0.2, 0.25) is 0 Å². The van der Waals surface area contributed by atoms with Gasteiger partial charge >= 0.3 is 0 Å². The molecule has 2 aromatic rings. The van der Waals surface area contributed by atoms with Crippen LogP contribution in [-0.2, 0) is 4.79 Å². The molecule has 0 saturated carbocycles. The van der Waals surface area contributed by atoms with Gasteiger partial charge in [0.2, 0.25) is 5.91 Å². The van der Waals surface area contributed by atoms with Crippen LogP contribution < -0.4 is 10.6 Å². The largest absolute Gasteiger partial charge is 0.326 e. The quantitative estimate of drug-likeness (QED) is 0.906. The maximum absolute atomic E-state index is 13.2. The zero-order chi connectivity index (χ0) is 18.1. The molecule has 1 saturated heterocycles. The summed E-state index contributed by atoms with van der Waals surface area (Å²) >= 11 is 1.82. The predicted molar refractivity (Wildman–Crippen MR) is 108 cm³/mol. The number of likely N-dealkylation sites (tertiary alicyclic amines) is 1. The first-order valence-corrected chi connectivity index (χ1v) is 10.2. The van der Waals surface area contributed by atoms with Gasteiger partial charge in [0.25, 0.3) is 0 Å². The number of para-hydroxylation sites is 1. The van der Waals surface area contributed by atoms with Gasteiger partial charge in [-0.05, 0) is 24.6 Å². The van der Waals surface area contributed by atoms with E-state index in [9.17, 15) is 4.79 Å². The molecule has 0 aromatic heterocycles. The van der Waals surface area contributed by atoms with E-state index in [2.05, 4.69) is 41.3 Å². The Balaban J connectivity index is 1.50. The molecule has 136 valence electrons. The molecule has 3 atom stereocenters. The summed E-state index contributed by atoms with van der Waals surface area (Å²) in [5.74, 6) is 1.41. The number of nitrogens with two attached hydrogens (primary N) is 1. The van der Waals surface area contributed by atoms with Gasteiger partial charge in [0.05, 0.1) is 11.7 Å². The Hall–Kier alpha value is -1.82. The summed E-state index contributed by atoms with van der Waals surface area (Å²) in [6.07, 6.45) is 0. The number of amides is 1. The fraction of sp³-hybridized carbons (Fsp3) is 0.381. The monoisotopic (exact) mass is 367 g/mol. The van der Waals surface area contributed by atoms with Gasteiger partial charge in [0, 0.05) is 42.2 Å². The van der Waals surface area contributed by atoms with E-state index < -0.39 is 0 Å². The summed E-state index contributed by atoms with van der Waals surface area (Å²) in [6.45, 7) is 4.39. The van der Waals surface area contributed by atoms with E-state index in [1.165, 1.54) is 10.5 Å². The van der Waals surface area contributed by atoms with Gasteiger partial charge in [0.1, 0.15) is 0 Å². The highest BCUT2D eigenvalue weighted by atomic mass is 32.2. The topological polar surface area (TPSA) is 49.6 Å². The average Bonchev–Trinajstić information content (AvgIpc) is 3.08. The molecule has 0 spiro atoms. The third-order valence-corrected chi connectivity index (χ3v) is 6.56. The number of anilines is 1. The number of rotatable bonds is 3. The Bertz CT molecular complexity index is 782. The van der Waals surface area contributed by atoms with E-state index >= 15 is 0 Å². The SMILES string of the molecule is CC(C(=O)N1CCSc2ccccc21)N1C[C@@H](N)[C@H](c2ccccc2)C1. The van der Waals surface area contributed by atoms with Crippen LogP contribution in [0, 0.1) is 0 Å². The van der Waals surface area contributed by atoms with Crippen LogP contribution in [0.5, 0.6) is 0 Å². The van der Waals surface area contributed by atoms with Gasteiger partial charge in [-0.2, -0.15) is 0 Å². The van der Waals surface area contributed by atoms with Crippen molar-refractivity contribution in [3.8, 4) is 0 Å². The molecule has 2 aromatic carbocycles. The number of benzene rings is 2. The number of hydrogen-bond donors (Lipinski definition) is 1. The zero-order valence-electron chi connectivity index (χ0n) is 15.0. The van der Waals surface area contributed by atoms with Crippen molar-refractivity contribution in [3.63, 3.8) is 0 Å². The number of carbonyl (C=O) groups excluding carboxylic acids is 1. The minimum Gasteiger partial charge on any atom is -0.326 e. The zero-order valence-corrected chi connectivity index (χ0v) is 15.9. The first-order chi connectivity index (χ1) is 12.6. The van der Waals surface area contributed by atoms with Crippen molar-refractivity contribution in [2.45, 2.75) is 29.8 Å².